The monoisotopic (exact) mass is 196 g/mol. The summed E-state index contributed by atoms with van der Waals surface area (Å²) in [6.07, 6.45) is 1.42. The normalized spacial score (nSPS) is 31.1. The molecule has 1 amide bonds. The van der Waals surface area contributed by atoms with Crippen molar-refractivity contribution >= 4 is 11.6 Å². The maximum atomic E-state index is 11.9. The second-order valence-corrected chi connectivity index (χ2v) is 4.09. The van der Waals surface area contributed by atoms with Crippen molar-refractivity contribution in [2.75, 3.05) is 13.2 Å². The molecule has 0 aromatic rings. The van der Waals surface area contributed by atoms with Crippen LogP contribution in [0.5, 0.6) is 0 Å². The van der Waals surface area contributed by atoms with Crippen LogP contribution < -0.4 is 5.32 Å². The van der Waals surface area contributed by atoms with Gasteiger partial charge in [0.1, 0.15) is 5.54 Å². The summed E-state index contributed by atoms with van der Waals surface area (Å²) in [7, 11) is 0. The summed E-state index contributed by atoms with van der Waals surface area (Å²) in [5, 5.41) is 2.96. The van der Waals surface area contributed by atoms with Crippen LogP contribution in [0.2, 0.25) is 0 Å². The number of amides is 1. The first-order valence-electron chi connectivity index (χ1n) is 5.09. The van der Waals surface area contributed by atoms with Gasteiger partial charge in [-0.2, -0.15) is 0 Å². The number of aliphatic imine (C=N–C) groups is 1. The molecule has 4 nitrogen and oxygen atoms in total. The minimum atomic E-state index is -0.519. The average molecular weight is 196 g/mol. The third-order valence-electron chi connectivity index (χ3n) is 3.11. The molecule has 14 heavy (non-hydrogen) atoms. The maximum Gasteiger partial charge on any atom is 0.248 e. The van der Waals surface area contributed by atoms with E-state index in [1.807, 2.05) is 13.8 Å². The van der Waals surface area contributed by atoms with Crippen LogP contribution in [0.3, 0.4) is 0 Å². The van der Waals surface area contributed by atoms with Crippen molar-refractivity contribution < 1.29 is 9.53 Å². The topological polar surface area (TPSA) is 50.7 Å². The Balaban J connectivity index is 2.28. The fraction of sp³-hybridized carbons (Fsp3) is 0.800. The molecule has 1 N–H and O–H groups in total. The average Bonchev–Trinajstić information content (AvgIpc) is 2.17. The summed E-state index contributed by atoms with van der Waals surface area (Å²) in [6, 6.07) is 0.0796. The molecule has 78 valence electrons. The zero-order valence-electron chi connectivity index (χ0n) is 8.67. The van der Waals surface area contributed by atoms with Crippen molar-refractivity contribution in [1.29, 1.82) is 0 Å². The predicted molar refractivity (Wildman–Crippen MR) is 53.5 cm³/mol. The SMILES string of the molecule is CC1=NC2(CCOCC2)C(=O)NC1C. The largest absolute Gasteiger partial charge is 0.381 e. The smallest absolute Gasteiger partial charge is 0.248 e. The van der Waals surface area contributed by atoms with Crippen LogP contribution >= 0.6 is 0 Å². The van der Waals surface area contributed by atoms with E-state index in [1.54, 1.807) is 0 Å². The van der Waals surface area contributed by atoms with Gasteiger partial charge in [0.05, 0.1) is 6.04 Å². The van der Waals surface area contributed by atoms with Crippen LogP contribution in [0, 0.1) is 0 Å². The van der Waals surface area contributed by atoms with Gasteiger partial charge < -0.3 is 10.1 Å². The quantitative estimate of drug-likeness (QED) is 0.614. The molecule has 0 aromatic carbocycles. The lowest BCUT2D eigenvalue weighted by Crippen LogP contribution is -2.57. The molecular weight excluding hydrogens is 180 g/mol. The van der Waals surface area contributed by atoms with Gasteiger partial charge in [-0.05, 0) is 13.8 Å². The van der Waals surface area contributed by atoms with E-state index in [1.165, 1.54) is 0 Å². The summed E-state index contributed by atoms with van der Waals surface area (Å²) in [5.41, 5.74) is 0.501. The summed E-state index contributed by atoms with van der Waals surface area (Å²) < 4.78 is 5.26. The van der Waals surface area contributed by atoms with Gasteiger partial charge in [0.25, 0.3) is 0 Å². The van der Waals surface area contributed by atoms with Crippen LogP contribution in [0.1, 0.15) is 26.7 Å². The third-order valence-corrected chi connectivity index (χ3v) is 3.11. The summed E-state index contributed by atoms with van der Waals surface area (Å²) >= 11 is 0. The van der Waals surface area contributed by atoms with Crippen LogP contribution in [0.15, 0.2) is 4.99 Å². The number of carbonyl (C=O) groups is 1. The molecule has 0 radical (unpaired) electrons. The molecule has 0 aliphatic carbocycles. The van der Waals surface area contributed by atoms with E-state index in [0.29, 0.717) is 26.1 Å². The molecule has 0 aromatic heterocycles. The summed E-state index contributed by atoms with van der Waals surface area (Å²) in [5.74, 6) is 0.0684. The van der Waals surface area contributed by atoms with E-state index in [-0.39, 0.29) is 11.9 Å². The van der Waals surface area contributed by atoms with Crippen molar-refractivity contribution in [1.82, 2.24) is 5.32 Å². The van der Waals surface area contributed by atoms with E-state index < -0.39 is 5.54 Å². The number of carbonyl (C=O) groups excluding carboxylic acids is 1. The minimum Gasteiger partial charge on any atom is -0.381 e. The Bertz CT molecular complexity index is 280. The lowest BCUT2D eigenvalue weighted by Gasteiger charge is -2.37. The summed E-state index contributed by atoms with van der Waals surface area (Å²) in [4.78, 5) is 16.4. The number of hydrogen-bond donors (Lipinski definition) is 1. The van der Waals surface area contributed by atoms with Crippen LogP contribution in [-0.2, 0) is 9.53 Å². The van der Waals surface area contributed by atoms with E-state index in [2.05, 4.69) is 10.3 Å². The van der Waals surface area contributed by atoms with Crippen molar-refractivity contribution in [3.05, 3.63) is 0 Å². The molecule has 1 spiro atoms. The lowest BCUT2D eigenvalue weighted by molar-refractivity contribution is -0.130. The Morgan fingerprint density at radius 3 is 2.79 bits per heavy atom. The van der Waals surface area contributed by atoms with Crippen molar-refractivity contribution in [3.63, 3.8) is 0 Å². The number of ether oxygens (including phenoxy) is 1. The highest BCUT2D eigenvalue weighted by molar-refractivity contribution is 6.00. The first-order chi connectivity index (χ1) is 6.64. The van der Waals surface area contributed by atoms with Crippen LogP contribution in [-0.4, -0.2) is 36.4 Å². The van der Waals surface area contributed by atoms with Crippen LogP contribution in [0.4, 0.5) is 0 Å². The molecule has 1 atom stereocenters. The highest BCUT2D eigenvalue weighted by atomic mass is 16.5. The third kappa shape index (κ3) is 1.43. The second-order valence-electron chi connectivity index (χ2n) is 4.09. The van der Waals surface area contributed by atoms with Gasteiger partial charge in [-0.3, -0.25) is 9.79 Å². The number of nitrogens with zero attached hydrogens (tertiary/aromatic N) is 1. The van der Waals surface area contributed by atoms with E-state index in [9.17, 15) is 4.79 Å². The molecule has 2 rings (SSSR count). The van der Waals surface area contributed by atoms with E-state index in [0.717, 1.165) is 5.71 Å². The van der Waals surface area contributed by atoms with Crippen molar-refractivity contribution in [3.8, 4) is 0 Å². The lowest BCUT2D eigenvalue weighted by atomic mass is 9.87. The zero-order chi connectivity index (χ0) is 10.2. The minimum absolute atomic E-state index is 0.0684. The number of hydrogen-bond acceptors (Lipinski definition) is 3. The number of nitrogens with one attached hydrogen (secondary N) is 1. The maximum absolute atomic E-state index is 11.9. The highest BCUT2D eigenvalue weighted by Crippen LogP contribution is 2.28. The molecule has 2 aliphatic heterocycles. The fourth-order valence-corrected chi connectivity index (χ4v) is 1.97. The Hall–Kier alpha value is -0.900. The Labute approximate surface area is 83.7 Å². The van der Waals surface area contributed by atoms with E-state index >= 15 is 0 Å². The van der Waals surface area contributed by atoms with Crippen LogP contribution in [0.25, 0.3) is 0 Å². The summed E-state index contributed by atoms with van der Waals surface area (Å²) in [6.45, 7) is 5.21. The van der Waals surface area contributed by atoms with E-state index in [4.69, 9.17) is 4.74 Å². The standard InChI is InChI=1S/C10H16N2O2/c1-7-8(2)12-10(9(13)11-7)3-5-14-6-4-10/h7H,3-6H2,1-2H3,(H,11,13). The second kappa shape index (κ2) is 3.35. The number of rotatable bonds is 0. The van der Waals surface area contributed by atoms with Gasteiger partial charge in [-0.25, -0.2) is 0 Å². The van der Waals surface area contributed by atoms with Gasteiger partial charge in [0.2, 0.25) is 5.91 Å². The van der Waals surface area contributed by atoms with Gasteiger partial charge in [-0.1, -0.05) is 0 Å². The van der Waals surface area contributed by atoms with Crippen molar-refractivity contribution in [2.45, 2.75) is 38.3 Å². The molecular formula is C10H16N2O2. The first-order valence-corrected chi connectivity index (χ1v) is 5.09. The molecule has 1 fully saturated rings. The Morgan fingerprint density at radius 2 is 2.14 bits per heavy atom. The molecule has 1 unspecified atom stereocenters. The van der Waals surface area contributed by atoms with Gasteiger partial charge in [-0.15, -0.1) is 0 Å². The molecule has 2 heterocycles. The first kappa shape index (κ1) is 9.65. The zero-order valence-corrected chi connectivity index (χ0v) is 8.67. The molecule has 0 bridgehead atoms. The molecule has 0 saturated carbocycles. The van der Waals surface area contributed by atoms with Gasteiger partial charge in [0.15, 0.2) is 0 Å². The highest BCUT2D eigenvalue weighted by Gasteiger charge is 2.43. The molecule has 1 saturated heterocycles. The fourth-order valence-electron chi connectivity index (χ4n) is 1.97. The Morgan fingerprint density at radius 1 is 1.50 bits per heavy atom. The predicted octanol–water partition coefficient (Wildman–Crippen LogP) is 0.515. The molecule has 4 heteroatoms. The Kier molecular flexibility index (Phi) is 2.31. The van der Waals surface area contributed by atoms with Gasteiger partial charge >= 0.3 is 0 Å². The van der Waals surface area contributed by atoms with Crippen molar-refractivity contribution in [2.24, 2.45) is 4.99 Å². The molecule has 2 aliphatic rings. The van der Waals surface area contributed by atoms with Gasteiger partial charge in [0, 0.05) is 31.8 Å².